The lowest BCUT2D eigenvalue weighted by molar-refractivity contribution is -0.126. The number of hydrogen-bond donors (Lipinski definition) is 3. The van der Waals surface area contributed by atoms with Gasteiger partial charge in [-0.05, 0) is 88.6 Å². The predicted octanol–water partition coefficient (Wildman–Crippen LogP) is 6.00. The van der Waals surface area contributed by atoms with Crippen molar-refractivity contribution in [2.24, 2.45) is 5.92 Å². The summed E-state index contributed by atoms with van der Waals surface area (Å²) in [6.07, 6.45) is 6.91. The average Bonchev–Trinajstić information content (AvgIpc) is 3.54. The van der Waals surface area contributed by atoms with Gasteiger partial charge in [0, 0.05) is 54.8 Å². The zero-order chi connectivity index (χ0) is 37.8. The Morgan fingerprint density at radius 2 is 1.51 bits per heavy atom. The molecule has 53 heavy (non-hydrogen) atoms. The largest absolute Gasteiger partial charge is 0.447 e. The molecule has 290 valence electrons. The number of nitrogens with zero attached hydrogens (tertiary/aromatic N) is 2. The second-order valence-electron chi connectivity index (χ2n) is 13.4. The minimum atomic E-state index is -0.442. The summed E-state index contributed by atoms with van der Waals surface area (Å²) in [6.45, 7) is 9.93. The van der Waals surface area contributed by atoms with Gasteiger partial charge in [0.15, 0.2) is 0 Å². The maximum absolute atomic E-state index is 13.7. The summed E-state index contributed by atoms with van der Waals surface area (Å²) in [4.78, 5) is 53.8. The van der Waals surface area contributed by atoms with Crippen molar-refractivity contribution in [3.63, 3.8) is 0 Å². The molecule has 0 unspecified atom stereocenters. The fourth-order valence-electron chi connectivity index (χ4n) is 6.75. The Bertz CT molecular complexity index is 1600. The van der Waals surface area contributed by atoms with E-state index in [4.69, 9.17) is 14.2 Å². The Morgan fingerprint density at radius 3 is 2.25 bits per heavy atom. The fraction of sp³-hybridized carbons (Fsp3) is 0.561. The molecule has 1 aliphatic rings. The molecule has 3 aromatic rings. The van der Waals surface area contributed by atoms with Crippen molar-refractivity contribution < 1.29 is 33.4 Å². The molecule has 0 saturated heterocycles. The first kappa shape index (κ1) is 41.3. The summed E-state index contributed by atoms with van der Waals surface area (Å²) in [5, 5.41) is 9.94. The second kappa shape index (κ2) is 22.6. The summed E-state index contributed by atoms with van der Waals surface area (Å²) in [6, 6.07) is 17.6. The van der Waals surface area contributed by atoms with E-state index in [-0.39, 0.29) is 42.8 Å². The number of ether oxygens (including phenoxy) is 3. The van der Waals surface area contributed by atoms with Crippen molar-refractivity contribution in [3.8, 4) is 0 Å². The molecule has 1 aromatic heterocycles. The zero-order valence-electron chi connectivity index (χ0n) is 31.8. The van der Waals surface area contributed by atoms with Crippen molar-refractivity contribution in [1.29, 1.82) is 0 Å². The number of benzene rings is 2. The van der Waals surface area contributed by atoms with Crippen LogP contribution in [0.3, 0.4) is 0 Å². The van der Waals surface area contributed by atoms with Gasteiger partial charge in [-0.2, -0.15) is 0 Å². The third kappa shape index (κ3) is 13.2. The van der Waals surface area contributed by atoms with Crippen LogP contribution in [0.25, 0.3) is 10.9 Å². The van der Waals surface area contributed by atoms with Gasteiger partial charge in [-0.15, -0.1) is 0 Å². The molecule has 1 heterocycles. The van der Waals surface area contributed by atoms with Crippen LogP contribution >= 0.6 is 0 Å². The lowest BCUT2D eigenvalue weighted by Crippen LogP contribution is -2.42. The summed E-state index contributed by atoms with van der Waals surface area (Å²) in [7, 11) is 0. The van der Waals surface area contributed by atoms with E-state index in [0.29, 0.717) is 64.6 Å². The van der Waals surface area contributed by atoms with Crippen LogP contribution in [-0.4, -0.2) is 87.1 Å². The van der Waals surface area contributed by atoms with Gasteiger partial charge in [-0.25, -0.2) is 4.79 Å². The van der Waals surface area contributed by atoms with E-state index in [1.807, 2.05) is 60.9 Å². The molecule has 0 bridgehead atoms. The third-order valence-corrected chi connectivity index (χ3v) is 9.73. The molecule has 1 fully saturated rings. The number of aryl methyl sites for hydroxylation is 1. The number of fused-ring (bicyclic) bond motifs is 1. The lowest BCUT2D eigenvalue weighted by atomic mass is 9.85. The predicted molar refractivity (Wildman–Crippen MR) is 207 cm³/mol. The van der Waals surface area contributed by atoms with E-state index in [1.54, 1.807) is 4.90 Å². The number of aromatic nitrogens is 1. The second-order valence-corrected chi connectivity index (χ2v) is 13.4. The number of anilines is 1. The number of carbonyl (C=O) groups excluding carboxylic acids is 4. The molecule has 0 aliphatic heterocycles. The van der Waals surface area contributed by atoms with Gasteiger partial charge in [0.25, 0.3) is 5.91 Å². The standard InChI is InChI=1S/C41H59N5O7/c1-4-31-14-13-16-35(28-31)45(5-2)38(47)30-46-36-17-10-9-15-33(36)29-37(46)40(49)44-34-20-18-32(19-21-34)39(48)42-22-11-7-8-12-23-43-41(50)53-27-26-52-25-24-51-6-3/h9-10,13-17,28-29,32,34H,4-8,11-12,18-27,30H2,1-3H3,(H,42,48)(H,43,50)(H,44,49). The van der Waals surface area contributed by atoms with Crippen LogP contribution in [-0.2, 0) is 36.8 Å². The summed E-state index contributed by atoms with van der Waals surface area (Å²) < 4.78 is 17.4. The molecule has 4 rings (SSSR count). The van der Waals surface area contributed by atoms with Crippen LogP contribution in [0.4, 0.5) is 10.5 Å². The van der Waals surface area contributed by atoms with Gasteiger partial charge in [0.05, 0.1) is 19.8 Å². The van der Waals surface area contributed by atoms with Crippen LogP contribution in [0.15, 0.2) is 54.6 Å². The molecule has 12 heteroatoms. The molecule has 1 aliphatic carbocycles. The van der Waals surface area contributed by atoms with E-state index >= 15 is 0 Å². The summed E-state index contributed by atoms with van der Waals surface area (Å²) >= 11 is 0. The molecule has 1 saturated carbocycles. The maximum atomic E-state index is 13.7. The Balaban J connectivity index is 1.15. The minimum Gasteiger partial charge on any atom is -0.447 e. The first-order valence-corrected chi connectivity index (χ1v) is 19.5. The van der Waals surface area contributed by atoms with Crippen LogP contribution in [0, 0.1) is 5.92 Å². The van der Waals surface area contributed by atoms with E-state index in [9.17, 15) is 19.2 Å². The summed E-state index contributed by atoms with van der Waals surface area (Å²) in [5.74, 6) is -0.277. The third-order valence-electron chi connectivity index (χ3n) is 9.73. The van der Waals surface area contributed by atoms with Gasteiger partial charge in [0.2, 0.25) is 11.8 Å². The quantitative estimate of drug-likeness (QED) is 0.108. The lowest BCUT2D eigenvalue weighted by Gasteiger charge is -2.28. The number of para-hydroxylation sites is 1. The van der Waals surface area contributed by atoms with Gasteiger partial charge in [-0.3, -0.25) is 14.4 Å². The Morgan fingerprint density at radius 1 is 0.792 bits per heavy atom. The van der Waals surface area contributed by atoms with E-state index in [0.717, 1.165) is 67.1 Å². The number of carbonyl (C=O) groups is 4. The Kier molecular flexibility index (Phi) is 17.6. The van der Waals surface area contributed by atoms with Crippen LogP contribution in [0.1, 0.15) is 88.2 Å². The number of amides is 4. The smallest absolute Gasteiger partial charge is 0.407 e. The molecule has 0 radical (unpaired) electrons. The van der Waals surface area contributed by atoms with Gasteiger partial charge in [0.1, 0.15) is 18.8 Å². The van der Waals surface area contributed by atoms with Crippen LogP contribution in [0.5, 0.6) is 0 Å². The molecular formula is C41H59N5O7. The molecular weight excluding hydrogens is 674 g/mol. The highest BCUT2D eigenvalue weighted by Gasteiger charge is 2.28. The SMILES string of the molecule is CCOCCOCCOC(=O)NCCCCCCNC(=O)C1CCC(NC(=O)c2cc3ccccc3n2CC(=O)N(CC)c2cccc(CC)c2)CC1. The fourth-order valence-corrected chi connectivity index (χ4v) is 6.75. The van der Waals surface area contributed by atoms with Crippen molar-refractivity contribution in [2.45, 2.75) is 91.1 Å². The maximum Gasteiger partial charge on any atom is 0.407 e. The number of likely N-dealkylation sites (N-methyl/N-ethyl adjacent to an activating group) is 1. The van der Waals surface area contributed by atoms with Crippen LogP contribution < -0.4 is 20.9 Å². The van der Waals surface area contributed by atoms with Crippen molar-refractivity contribution in [1.82, 2.24) is 20.5 Å². The highest BCUT2D eigenvalue weighted by atomic mass is 16.6. The van der Waals surface area contributed by atoms with Gasteiger partial charge in [-0.1, -0.05) is 50.1 Å². The van der Waals surface area contributed by atoms with Gasteiger partial charge < -0.3 is 39.6 Å². The zero-order valence-corrected chi connectivity index (χ0v) is 31.8. The first-order valence-electron chi connectivity index (χ1n) is 19.5. The average molecular weight is 734 g/mol. The molecule has 3 N–H and O–H groups in total. The highest BCUT2D eigenvalue weighted by molar-refractivity contribution is 6.01. The topological polar surface area (TPSA) is 140 Å². The highest BCUT2D eigenvalue weighted by Crippen LogP contribution is 2.26. The minimum absolute atomic E-state index is 0.0393. The number of unbranched alkanes of at least 4 members (excludes halogenated alkanes) is 3. The van der Waals surface area contributed by atoms with E-state index in [1.165, 1.54) is 0 Å². The van der Waals surface area contributed by atoms with Crippen LogP contribution in [0.2, 0.25) is 0 Å². The normalized spacial score (nSPS) is 15.5. The number of rotatable bonds is 22. The molecule has 12 nitrogen and oxygen atoms in total. The molecule has 4 amide bonds. The number of nitrogens with one attached hydrogen (secondary N) is 3. The van der Waals surface area contributed by atoms with Crippen molar-refractivity contribution in [2.75, 3.05) is 57.6 Å². The van der Waals surface area contributed by atoms with E-state index < -0.39 is 6.09 Å². The van der Waals surface area contributed by atoms with Crippen molar-refractivity contribution in [3.05, 3.63) is 65.9 Å². The number of alkyl carbamates (subject to hydrolysis) is 1. The monoisotopic (exact) mass is 733 g/mol. The molecule has 0 spiro atoms. The molecule has 0 atom stereocenters. The van der Waals surface area contributed by atoms with E-state index in [2.05, 4.69) is 35.0 Å². The van der Waals surface area contributed by atoms with Gasteiger partial charge >= 0.3 is 6.09 Å². The first-order chi connectivity index (χ1) is 25.8. The Labute approximate surface area is 314 Å². The Hall–Kier alpha value is -4.42. The number of hydrogen-bond acceptors (Lipinski definition) is 7. The van der Waals surface area contributed by atoms with Crippen molar-refractivity contribution >= 4 is 40.4 Å². The molecule has 2 aromatic carbocycles. The summed E-state index contributed by atoms with van der Waals surface area (Å²) in [5.41, 5.74) is 3.32.